The van der Waals surface area contributed by atoms with Gasteiger partial charge in [0.1, 0.15) is 17.1 Å². The van der Waals surface area contributed by atoms with Crippen LogP contribution in [0, 0.1) is 0 Å². The molecule has 164 valence electrons. The maximum atomic E-state index is 12.5. The van der Waals surface area contributed by atoms with Crippen molar-refractivity contribution in [3.63, 3.8) is 0 Å². The highest BCUT2D eigenvalue weighted by molar-refractivity contribution is 5.99. The van der Waals surface area contributed by atoms with Crippen LogP contribution in [0.4, 0.5) is 16.3 Å². The molecule has 9 nitrogen and oxygen atoms in total. The number of ether oxygens (including phenoxy) is 2. The Labute approximate surface area is 180 Å². The van der Waals surface area contributed by atoms with E-state index < -0.39 is 24.5 Å². The number of carbonyl (C=O) groups is 3. The Morgan fingerprint density at radius 1 is 1.10 bits per heavy atom. The van der Waals surface area contributed by atoms with Gasteiger partial charge in [0.25, 0.3) is 5.91 Å². The molecule has 0 radical (unpaired) electrons. The zero-order valence-corrected chi connectivity index (χ0v) is 17.3. The summed E-state index contributed by atoms with van der Waals surface area (Å²) < 4.78 is 10.5. The lowest BCUT2D eigenvalue weighted by molar-refractivity contribution is -0.123. The third-order valence-electron chi connectivity index (χ3n) is 4.73. The number of pyridine rings is 1. The molecule has 0 spiro atoms. The monoisotopic (exact) mass is 426 g/mol. The number of hydrogen-bond donors (Lipinski definition) is 3. The molecular formula is C22H26N4O5. The van der Waals surface area contributed by atoms with Gasteiger partial charge in [-0.3, -0.25) is 10.1 Å². The number of esters is 1. The molecule has 9 heteroatoms. The fraction of sp³-hybridized carbons (Fsp3) is 0.364. The van der Waals surface area contributed by atoms with Crippen molar-refractivity contribution in [2.45, 2.75) is 38.6 Å². The Morgan fingerprint density at radius 2 is 1.84 bits per heavy atom. The zero-order chi connectivity index (χ0) is 22.1. The van der Waals surface area contributed by atoms with Crippen LogP contribution in [-0.4, -0.2) is 42.1 Å². The quantitative estimate of drug-likeness (QED) is 0.555. The van der Waals surface area contributed by atoms with Crippen molar-refractivity contribution in [2.24, 2.45) is 0 Å². The summed E-state index contributed by atoms with van der Waals surface area (Å²) in [5.74, 6) is -0.408. The first-order chi connectivity index (χ1) is 15.0. The minimum Gasteiger partial charge on any atom is -0.494 e. The fourth-order valence-electron chi connectivity index (χ4n) is 3.27. The standard InChI is InChI=1S/C22H26N4O5/c1-2-30-17-11-9-16(10-12-17)24-20-18(8-5-13-23-20)21(28)31-14-19(27)26-22(29)25-15-6-3-4-7-15/h5,8-13,15H,2-4,6-7,14H2,1H3,(H,23,24)(H2,25,26,27,29). The van der Waals surface area contributed by atoms with Crippen LogP contribution in [0.25, 0.3) is 0 Å². The number of nitrogens with one attached hydrogen (secondary N) is 3. The van der Waals surface area contributed by atoms with E-state index in [2.05, 4.69) is 20.9 Å². The number of imide groups is 1. The van der Waals surface area contributed by atoms with Crippen LogP contribution in [0.15, 0.2) is 42.6 Å². The molecule has 0 bridgehead atoms. The molecule has 2 aromatic rings. The number of aromatic nitrogens is 1. The van der Waals surface area contributed by atoms with E-state index in [4.69, 9.17) is 9.47 Å². The van der Waals surface area contributed by atoms with Gasteiger partial charge in [0.2, 0.25) is 0 Å². The van der Waals surface area contributed by atoms with Crippen LogP contribution in [0.5, 0.6) is 5.75 Å². The number of carbonyl (C=O) groups excluding carboxylic acids is 3. The number of anilines is 2. The highest BCUT2D eigenvalue weighted by atomic mass is 16.5. The van der Waals surface area contributed by atoms with Crippen LogP contribution in [0.1, 0.15) is 43.0 Å². The lowest BCUT2D eigenvalue weighted by Crippen LogP contribution is -2.45. The molecule has 1 aromatic carbocycles. The third-order valence-corrected chi connectivity index (χ3v) is 4.73. The second kappa shape index (κ2) is 11.0. The first-order valence-electron chi connectivity index (χ1n) is 10.3. The van der Waals surface area contributed by atoms with Crippen molar-refractivity contribution in [1.82, 2.24) is 15.6 Å². The maximum Gasteiger partial charge on any atom is 0.342 e. The average Bonchev–Trinajstić information content (AvgIpc) is 3.27. The second-order valence-electron chi connectivity index (χ2n) is 7.06. The number of benzene rings is 1. The van der Waals surface area contributed by atoms with Crippen molar-refractivity contribution >= 4 is 29.4 Å². The van der Waals surface area contributed by atoms with Crippen LogP contribution >= 0.6 is 0 Å². The minimum absolute atomic E-state index is 0.0852. The summed E-state index contributed by atoms with van der Waals surface area (Å²) >= 11 is 0. The predicted octanol–water partition coefficient (Wildman–Crippen LogP) is 3.15. The summed E-state index contributed by atoms with van der Waals surface area (Å²) in [7, 11) is 0. The van der Waals surface area contributed by atoms with Crippen molar-refractivity contribution in [3.05, 3.63) is 48.2 Å². The van der Waals surface area contributed by atoms with E-state index in [1.165, 1.54) is 12.3 Å². The lowest BCUT2D eigenvalue weighted by Gasteiger charge is -2.13. The number of rotatable bonds is 8. The van der Waals surface area contributed by atoms with E-state index in [1.807, 2.05) is 6.92 Å². The first-order valence-corrected chi connectivity index (χ1v) is 10.3. The molecule has 1 aromatic heterocycles. The maximum absolute atomic E-state index is 12.5. The Morgan fingerprint density at radius 3 is 2.55 bits per heavy atom. The van der Waals surface area contributed by atoms with Crippen molar-refractivity contribution in [2.75, 3.05) is 18.5 Å². The van der Waals surface area contributed by atoms with E-state index >= 15 is 0 Å². The molecule has 1 saturated carbocycles. The van der Waals surface area contributed by atoms with Crippen molar-refractivity contribution < 1.29 is 23.9 Å². The molecular weight excluding hydrogens is 400 g/mol. The van der Waals surface area contributed by atoms with E-state index in [0.29, 0.717) is 12.3 Å². The first kappa shape index (κ1) is 22.1. The van der Waals surface area contributed by atoms with Gasteiger partial charge in [0.05, 0.1) is 6.61 Å². The third kappa shape index (κ3) is 6.70. The van der Waals surface area contributed by atoms with Gasteiger partial charge in [-0.1, -0.05) is 12.8 Å². The number of amides is 3. The van der Waals surface area contributed by atoms with Gasteiger partial charge < -0.3 is 20.1 Å². The lowest BCUT2D eigenvalue weighted by atomic mass is 10.2. The number of urea groups is 1. The van der Waals surface area contributed by atoms with Gasteiger partial charge in [0.15, 0.2) is 6.61 Å². The molecule has 3 rings (SSSR count). The van der Waals surface area contributed by atoms with Crippen LogP contribution in [0.3, 0.4) is 0 Å². The molecule has 0 atom stereocenters. The Kier molecular flexibility index (Phi) is 7.80. The summed E-state index contributed by atoms with van der Waals surface area (Å²) in [4.78, 5) is 40.4. The molecule has 1 aliphatic carbocycles. The van der Waals surface area contributed by atoms with E-state index in [9.17, 15) is 14.4 Å². The molecule has 3 amide bonds. The van der Waals surface area contributed by atoms with Gasteiger partial charge in [0, 0.05) is 17.9 Å². The Bertz CT molecular complexity index is 910. The topological polar surface area (TPSA) is 119 Å². The highest BCUT2D eigenvalue weighted by Gasteiger charge is 2.20. The Balaban J connectivity index is 1.53. The van der Waals surface area contributed by atoms with Gasteiger partial charge >= 0.3 is 12.0 Å². The molecule has 1 fully saturated rings. The SMILES string of the molecule is CCOc1ccc(Nc2ncccc2C(=O)OCC(=O)NC(=O)NC2CCCC2)cc1. The Hall–Kier alpha value is -3.62. The van der Waals surface area contributed by atoms with Crippen molar-refractivity contribution in [1.29, 1.82) is 0 Å². The van der Waals surface area contributed by atoms with Crippen molar-refractivity contribution in [3.8, 4) is 5.75 Å². The highest BCUT2D eigenvalue weighted by Crippen LogP contribution is 2.22. The van der Waals surface area contributed by atoms with Crippen LogP contribution in [0.2, 0.25) is 0 Å². The van der Waals surface area contributed by atoms with E-state index in [1.54, 1.807) is 30.3 Å². The molecule has 31 heavy (non-hydrogen) atoms. The van der Waals surface area contributed by atoms with Crippen LogP contribution < -0.4 is 20.7 Å². The van der Waals surface area contributed by atoms with E-state index in [0.717, 1.165) is 31.4 Å². The molecule has 0 aliphatic heterocycles. The predicted molar refractivity (Wildman–Crippen MR) is 114 cm³/mol. The van der Waals surface area contributed by atoms with Gasteiger partial charge in [-0.25, -0.2) is 14.6 Å². The molecule has 0 saturated heterocycles. The summed E-state index contributed by atoms with van der Waals surface area (Å²) in [5.41, 5.74) is 0.872. The summed E-state index contributed by atoms with van der Waals surface area (Å²) in [6.45, 7) is 1.90. The fourth-order valence-corrected chi connectivity index (χ4v) is 3.27. The van der Waals surface area contributed by atoms with Gasteiger partial charge in [-0.2, -0.15) is 0 Å². The normalized spacial score (nSPS) is 13.3. The second-order valence-corrected chi connectivity index (χ2v) is 7.06. The van der Waals surface area contributed by atoms with E-state index in [-0.39, 0.29) is 17.4 Å². The zero-order valence-electron chi connectivity index (χ0n) is 17.3. The summed E-state index contributed by atoms with van der Waals surface area (Å²) in [6, 6.07) is 9.83. The molecule has 1 aliphatic rings. The molecule has 3 N–H and O–H groups in total. The minimum atomic E-state index is -0.729. The largest absolute Gasteiger partial charge is 0.494 e. The molecule has 1 heterocycles. The van der Waals surface area contributed by atoms with Crippen LogP contribution in [-0.2, 0) is 9.53 Å². The summed E-state index contributed by atoms with van der Waals surface area (Å²) in [5, 5.41) is 7.96. The van der Waals surface area contributed by atoms with Gasteiger partial charge in [-0.05, 0) is 56.2 Å². The smallest absolute Gasteiger partial charge is 0.342 e. The number of hydrogen-bond acceptors (Lipinski definition) is 7. The molecule has 0 unspecified atom stereocenters. The summed E-state index contributed by atoms with van der Waals surface area (Å²) in [6.07, 6.45) is 5.47. The van der Waals surface area contributed by atoms with Gasteiger partial charge in [-0.15, -0.1) is 0 Å². The average molecular weight is 426 g/mol. The number of nitrogens with zero attached hydrogens (tertiary/aromatic N) is 1.